The maximum atomic E-state index is 6.04. The monoisotopic (exact) mass is 212 g/mol. The molecule has 0 aromatic carbocycles. The summed E-state index contributed by atoms with van der Waals surface area (Å²) < 4.78 is 5.47. The van der Waals surface area contributed by atoms with E-state index in [0.717, 1.165) is 38.6 Å². The molecule has 0 spiro atoms. The van der Waals surface area contributed by atoms with Crippen molar-refractivity contribution in [1.29, 1.82) is 0 Å². The van der Waals surface area contributed by atoms with Crippen LogP contribution in [0.2, 0.25) is 0 Å². The van der Waals surface area contributed by atoms with Crippen molar-refractivity contribution in [2.24, 2.45) is 5.73 Å². The summed E-state index contributed by atoms with van der Waals surface area (Å²) in [7, 11) is 0. The molecular formula is C12H24N2O. The van der Waals surface area contributed by atoms with Crippen LogP contribution in [0, 0.1) is 0 Å². The molecule has 3 heteroatoms. The van der Waals surface area contributed by atoms with Crippen molar-refractivity contribution in [1.82, 2.24) is 4.90 Å². The summed E-state index contributed by atoms with van der Waals surface area (Å²) in [6, 6.07) is 0.826. The van der Waals surface area contributed by atoms with Gasteiger partial charge in [0.1, 0.15) is 0 Å². The molecule has 0 unspecified atom stereocenters. The van der Waals surface area contributed by atoms with Gasteiger partial charge in [0.2, 0.25) is 0 Å². The van der Waals surface area contributed by atoms with Crippen molar-refractivity contribution < 1.29 is 4.74 Å². The highest BCUT2D eigenvalue weighted by atomic mass is 16.5. The molecule has 15 heavy (non-hydrogen) atoms. The summed E-state index contributed by atoms with van der Waals surface area (Å²) in [6.45, 7) is 6.06. The average Bonchev–Trinajstić information content (AvgIpc) is 3.11. The molecule has 1 saturated heterocycles. The zero-order valence-electron chi connectivity index (χ0n) is 9.87. The van der Waals surface area contributed by atoms with Crippen LogP contribution in [0.15, 0.2) is 0 Å². The molecule has 0 atom stereocenters. The van der Waals surface area contributed by atoms with Gasteiger partial charge in [-0.1, -0.05) is 6.92 Å². The number of ether oxygens (including phenoxy) is 1. The second-order valence-electron chi connectivity index (χ2n) is 4.97. The SMILES string of the molecule is CCCN(C1CC1)C1(CN)CCOCC1. The van der Waals surface area contributed by atoms with Gasteiger partial charge < -0.3 is 10.5 Å². The Hall–Kier alpha value is -0.120. The molecule has 0 amide bonds. The quantitative estimate of drug-likeness (QED) is 0.748. The molecule has 1 heterocycles. The average molecular weight is 212 g/mol. The summed E-state index contributed by atoms with van der Waals surface area (Å²) in [6.07, 6.45) is 6.24. The molecule has 0 aromatic rings. The van der Waals surface area contributed by atoms with E-state index in [-0.39, 0.29) is 5.54 Å². The van der Waals surface area contributed by atoms with E-state index in [2.05, 4.69) is 11.8 Å². The number of rotatable bonds is 5. The molecule has 1 aliphatic carbocycles. The minimum atomic E-state index is 0.259. The van der Waals surface area contributed by atoms with Gasteiger partial charge in [0.25, 0.3) is 0 Å². The molecule has 88 valence electrons. The number of nitrogens with two attached hydrogens (primary N) is 1. The van der Waals surface area contributed by atoms with Gasteiger partial charge >= 0.3 is 0 Å². The van der Waals surface area contributed by atoms with E-state index < -0.39 is 0 Å². The summed E-state index contributed by atoms with van der Waals surface area (Å²) in [5.74, 6) is 0. The van der Waals surface area contributed by atoms with E-state index >= 15 is 0 Å². The summed E-state index contributed by atoms with van der Waals surface area (Å²) in [4.78, 5) is 2.69. The van der Waals surface area contributed by atoms with Crippen LogP contribution in [0.25, 0.3) is 0 Å². The van der Waals surface area contributed by atoms with Gasteiger partial charge in [-0.05, 0) is 38.6 Å². The Labute approximate surface area is 93.0 Å². The zero-order chi connectivity index (χ0) is 10.7. The fourth-order valence-electron chi connectivity index (χ4n) is 2.79. The lowest BCUT2D eigenvalue weighted by atomic mass is 9.87. The Morgan fingerprint density at radius 2 is 2.00 bits per heavy atom. The molecular weight excluding hydrogens is 188 g/mol. The highest BCUT2D eigenvalue weighted by Gasteiger charge is 2.43. The van der Waals surface area contributed by atoms with Crippen molar-refractivity contribution in [2.75, 3.05) is 26.3 Å². The van der Waals surface area contributed by atoms with Gasteiger partial charge in [-0.15, -0.1) is 0 Å². The van der Waals surface area contributed by atoms with E-state index in [0.29, 0.717) is 0 Å². The maximum absolute atomic E-state index is 6.04. The predicted molar refractivity (Wildman–Crippen MR) is 61.9 cm³/mol. The highest BCUT2D eigenvalue weighted by Crippen LogP contribution is 2.37. The van der Waals surface area contributed by atoms with Crippen LogP contribution >= 0.6 is 0 Å². The molecule has 3 nitrogen and oxygen atoms in total. The van der Waals surface area contributed by atoms with E-state index in [4.69, 9.17) is 10.5 Å². The fourth-order valence-corrected chi connectivity index (χ4v) is 2.79. The minimum absolute atomic E-state index is 0.259. The number of hydrogen-bond donors (Lipinski definition) is 1. The first-order valence-electron chi connectivity index (χ1n) is 6.37. The molecule has 2 N–H and O–H groups in total. The van der Waals surface area contributed by atoms with Crippen LogP contribution in [0.1, 0.15) is 39.0 Å². The van der Waals surface area contributed by atoms with Gasteiger partial charge in [0, 0.05) is 31.3 Å². The molecule has 1 aliphatic heterocycles. The molecule has 0 aromatic heterocycles. The van der Waals surface area contributed by atoms with E-state index in [1.165, 1.54) is 25.8 Å². The summed E-state index contributed by atoms with van der Waals surface area (Å²) in [5.41, 5.74) is 6.30. The molecule has 2 aliphatic rings. The standard InChI is InChI=1S/C12H24N2O/c1-2-7-14(11-3-4-11)12(10-13)5-8-15-9-6-12/h11H,2-10,13H2,1H3. The lowest BCUT2D eigenvalue weighted by Crippen LogP contribution is -2.57. The van der Waals surface area contributed by atoms with Crippen LogP contribution in [0.4, 0.5) is 0 Å². The second kappa shape index (κ2) is 4.81. The molecule has 0 radical (unpaired) electrons. The first-order chi connectivity index (χ1) is 7.32. The van der Waals surface area contributed by atoms with Crippen molar-refractivity contribution in [3.8, 4) is 0 Å². The Bertz CT molecular complexity index is 198. The Morgan fingerprint density at radius 1 is 1.33 bits per heavy atom. The predicted octanol–water partition coefficient (Wildman–Crippen LogP) is 1.37. The van der Waals surface area contributed by atoms with Crippen LogP contribution < -0.4 is 5.73 Å². The highest BCUT2D eigenvalue weighted by molar-refractivity contribution is 5.00. The first-order valence-corrected chi connectivity index (χ1v) is 6.37. The van der Waals surface area contributed by atoms with Crippen molar-refractivity contribution in [3.63, 3.8) is 0 Å². The van der Waals surface area contributed by atoms with Gasteiger partial charge in [0.05, 0.1) is 0 Å². The van der Waals surface area contributed by atoms with Crippen molar-refractivity contribution in [2.45, 2.75) is 50.6 Å². The largest absolute Gasteiger partial charge is 0.381 e. The Balaban J connectivity index is 2.05. The Kier molecular flexibility index (Phi) is 3.65. The Morgan fingerprint density at radius 3 is 2.47 bits per heavy atom. The van der Waals surface area contributed by atoms with Crippen molar-refractivity contribution in [3.05, 3.63) is 0 Å². The van der Waals surface area contributed by atoms with E-state index in [1.807, 2.05) is 0 Å². The lowest BCUT2D eigenvalue weighted by Gasteiger charge is -2.46. The van der Waals surface area contributed by atoms with E-state index in [1.54, 1.807) is 0 Å². The van der Waals surface area contributed by atoms with Gasteiger partial charge in [-0.25, -0.2) is 0 Å². The second-order valence-corrected chi connectivity index (χ2v) is 4.97. The van der Waals surface area contributed by atoms with Crippen LogP contribution in [0.3, 0.4) is 0 Å². The number of hydrogen-bond acceptors (Lipinski definition) is 3. The molecule has 2 fully saturated rings. The first kappa shape index (κ1) is 11.4. The third-order valence-corrected chi connectivity index (χ3v) is 3.86. The van der Waals surface area contributed by atoms with Crippen LogP contribution in [-0.2, 0) is 4.74 Å². The van der Waals surface area contributed by atoms with Crippen LogP contribution in [-0.4, -0.2) is 42.8 Å². The van der Waals surface area contributed by atoms with Gasteiger partial charge in [0.15, 0.2) is 0 Å². The van der Waals surface area contributed by atoms with E-state index in [9.17, 15) is 0 Å². The minimum Gasteiger partial charge on any atom is -0.381 e. The summed E-state index contributed by atoms with van der Waals surface area (Å²) in [5, 5.41) is 0. The van der Waals surface area contributed by atoms with Crippen LogP contribution in [0.5, 0.6) is 0 Å². The summed E-state index contributed by atoms with van der Waals surface area (Å²) >= 11 is 0. The lowest BCUT2D eigenvalue weighted by molar-refractivity contribution is -0.0283. The normalized spacial score (nSPS) is 25.8. The molecule has 0 bridgehead atoms. The van der Waals surface area contributed by atoms with Gasteiger partial charge in [-0.3, -0.25) is 4.90 Å². The third-order valence-electron chi connectivity index (χ3n) is 3.86. The smallest absolute Gasteiger partial charge is 0.0484 e. The molecule has 2 rings (SSSR count). The van der Waals surface area contributed by atoms with Crippen molar-refractivity contribution >= 4 is 0 Å². The molecule has 1 saturated carbocycles. The maximum Gasteiger partial charge on any atom is 0.0484 e. The number of nitrogens with zero attached hydrogens (tertiary/aromatic N) is 1. The fraction of sp³-hybridized carbons (Fsp3) is 1.00. The zero-order valence-corrected chi connectivity index (χ0v) is 9.87. The topological polar surface area (TPSA) is 38.5 Å². The third kappa shape index (κ3) is 2.35. The van der Waals surface area contributed by atoms with Gasteiger partial charge in [-0.2, -0.15) is 0 Å².